The molecule has 1 rings (SSSR count). The summed E-state index contributed by atoms with van der Waals surface area (Å²) in [6.45, 7) is -0.0544. The molecule has 0 amide bonds. The topological polar surface area (TPSA) is 61.5 Å². The van der Waals surface area contributed by atoms with Crippen molar-refractivity contribution in [1.29, 1.82) is 0 Å². The molecule has 0 heterocycles. The summed E-state index contributed by atoms with van der Waals surface area (Å²) in [5.74, 6) is 0.878. The fourth-order valence-electron chi connectivity index (χ4n) is 1.19. The third-order valence-corrected chi connectivity index (χ3v) is 2.58. The lowest BCUT2D eigenvalue weighted by atomic mass is 10.1. The molecule has 2 N–H and O–H groups in total. The lowest BCUT2D eigenvalue weighted by Gasteiger charge is -2.10. The first-order valence-electron chi connectivity index (χ1n) is 4.28. The molecular weight excluding hydrogens is 297 g/mol. The highest BCUT2D eigenvalue weighted by atomic mass is 79.9. The quantitative estimate of drug-likeness (QED) is 0.864. The van der Waals surface area contributed by atoms with Crippen LogP contribution in [0.3, 0.4) is 0 Å². The van der Waals surface area contributed by atoms with Gasteiger partial charge < -0.3 is 15.2 Å². The molecular formula is C10H13BrClNO3. The van der Waals surface area contributed by atoms with Crippen molar-refractivity contribution in [3.63, 3.8) is 0 Å². The number of nitrogens with two attached hydrogens (primary N) is 1. The lowest BCUT2D eigenvalue weighted by Crippen LogP contribution is -2.14. The third kappa shape index (κ3) is 3.10. The predicted octanol–water partition coefficient (Wildman–Crippen LogP) is 2.03. The van der Waals surface area contributed by atoms with Crippen LogP contribution < -0.4 is 15.2 Å². The Morgan fingerprint density at radius 2 is 1.88 bits per heavy atom. The highest BCUT2D eigenvalue weighted by molar-refractivity contribution is 9.10. The summed E-state index contributed by atoms with van der Waals surface area (Å²) in [6.07, 6.45) is 0. The van der Waals surface area contributed by atoms with Crippen LogP contribution in [0.4, 0.5) is 0 Å². The zero-order valence-electron chi connectivity index (χ0n) is 8.95. The summed E-state index contributed by atoms with van der Waals surface area (Å²) in [5.41, 5.74) is 5.73. The summed E-state index contributed by atoms with van der Waals surface area (Å²) in [4.78, 5) is 11.5. The van der Waals surface area contributed by atoms with Gasteiger partial charge in [0.05, 0.1) is 30.8 Å². The second-order valence-corrected chi connectivity index (χ2v) is 3.67. The standard InChI is InChI=1S/C10H12BrNO3.ClH/c1-14-9-4-7(11)10(15-2)3-6(9)8(13)5-12;/h3-4H,5,12H2,1-2H3;1H. The zero-order chi connectivity index (χ0) is 11.4. The maximum Gasteiger partial charge on any atom is 0.180 e. The molecule has 0 bridgehead atoms. The van der Waals surface area contributed by atoms with Crippen LogP contribution in [0, 0.1) is 0 Å². The van der Waals surface area contributed by atoms with Crippen molar-refractivity contribution in [3.05, 3.63) is 22.2 Å². The number of Topliss-reactive ketones (excluding diaryl/α,β-unsaturated/α-hetero) is 1. The van der Waals surface area contributed by atoms with Gasteiger partial charge in [-0.2, -0.15) is 0 Å². The highest BCUT2D eigenvalue weighted by Crippen LogP contribution is 2.32. The number of carbonyl (C=O) groups excluding carboxylic acids is 1. The molecule has 6 heteroatoms. The molecule has 0 saturated heterocycles. The molecule has 0 saturated carbocycles. The van der Waals surface area contributed by atoms with E-state index in [1.54, 1.807) is 12.1 Å². The van der Waals surface area contributed by atoms with Crippen molar-refractivity contribution >= 4 is 34.1 Å². The van der Waals surface area contributed by atoms with E-state index in [1.165, 1.54) is 14.2 Å². The smallest absolute Gasteiger partial charge is 0.180 e. The molecule has 90 valence electrons. The molecule has 0 radical (unpaired) electrons. The number of methoxy groups -OCH3 is 2. The van der Waals surface area contributed by atoms with Crippen LogP contribution in [-0.4, -0.2) is 26.5 Å². The molecule has 0 aliphatic carbocycles. The maximum atomic E-state index is 11.5. The number of rotatable bonds is 4. The Hall–Kier alpha value is -0.780. The van der Waals surface area contributed by atoms with Gasteiger partial charge >= 0.3 is 0 Å². The van der Waals surface area contributed by atoms with E-state index in [1.807, 2.05) is 0 Å². The van der Waals surface area contributed by atoms with Gasteiger partial charge in [0, 0.05) is 0 Å². The molecule has 0 fully saturated rings. The van der Waals surface area contributed by atoms with Gasteiger partial charge in [-0.1, -0.05) is 0 Å². The van der Waals surface area contributed by atoms with Crippen molar-refractivity contribution < 1.29 is 14.3 Å². The highest BCUT2D eigenvalue weighted by Gasteiger charge is 2.14. The number of halogens is 2. The fourth-order valence-corrected chi connectivity index (χ4v) is 1.67. The lowest BCUT2D eigenvalue weighted by molar-refractivity contribution is 0.0998. The minimum atomic E-state index is -0.183. The molecule has 1 aromatic carbocycles. The molecule has 0 atom stereocenters. The first kappa shape index (κ1) is 15.2. The number of carbonyl (C=O) groups is 1. The average Bonchev–Trinajstić information content (AvgIpc) is 2.27. The first-order chi connectivity index (χ1) is 7.13. The van der Waals surface area contributed by atoms with Crippen molar-refractivity contribution in [2.45, 2.75) is 0 Å². The number of ether oxygens (including phenoxy) is 2. The van der Waals surface area contributed by atoms with Crippen LogP contribution in [0.15, 0.2) is 16.6 Å². The van der Waals surface area contributed by atoms with Crippen molar-refractivity contribution in [2.75, 3.05) is 20.8 Å². The molecule has 16 heavy (non-hydrogen) atoms. The van der Waals surface area contributed by atoms with Gasteiger partial charge in [-0.05, 0) is 28.1 Å². The Balaban J connectivity index is 0.00000225. The van der Waals surface area contributed by atoms with E-state index in [0.29, 0.717) is 17.1 Å². The van der Waals surface area contributed by atoms with Crippen LogP contribution >= 0.6 is 28.3 Å². The Labute approximate surface area is 109 Å². The van der Waals surface area contributed by atoms with Crippen LogP contribution in [-0.2, 0) is 0 Å². The third-order valence-electron chi connectivity index (χ3n) is 1.96. The van der Waals surface area contributed by atoms with E-state index >= 15 is 0 Å². The van der Waals surface area contributed by atoms with Crippen molar-refractivity contribution in [3.8, 4) is 11.5 Å². The normalized spacial score (nSPS) is 9.25. The van der Waals surface area contributed by atoms with E-state index in [-0.39, 0.29) is 24.7 Å². The van der Waals surface area contributed by atoms with Gasteiger partial charge in [0.15, 0.2) is 5.78 Å². The Bertz CT molecular complexity index is 385. The van der Waals surface area contributed by atoms with E-state index < -0.39 is 0 Å². The maximum absolute atomic E-state index is 11.5. The molecule has 0 aliphatic heterocycles. The Kier molecular flexibility index (Phi) is 6.40. The zero-order valence-corrected chi connectivity index (χ0v) is 11.4. The Morgan fingerprint density at radius 3 is 2.31 bits per heavy atom. The van der Waals surface area contributed by atoms with E-state index in [9.17, 15) is 4.79 Å². The summed E-state index contributed by atoms with van der Waals surface area (Å²) in [7, 11) is 3.03. The van der Waals surface area contributed by atoms with Crippen molar-refractivity contribution in [1.82, 2.24) is 0 Å². The molecule has 0 spiro atoms. The first-order valence-corrected chi connectivity index (χ1v) is 5.08. The second-order valence-electron chi connectivity index (χ2n) is 2.81. The predicted molar refractivity (Wildman–Crippen MR) is 67.9 cm³/mol. The van der Waals surface area contributed by atoms with Crippen molar-refractivity contribution in [2.24, 2.45) is 5.73 Å². The van der Waals surface area contributed by atoms with Gasteiger partial charge in [0.1, 0.15) is 11.5 Å². The number of hydrogen-bond acceptors (Lipinski definition) is 4. The largest absolute Gasteiger partial charge is 0.496 e. The van der Waals surface area contributed by atoms with Gasteiger partial charge in [-0.3, -0.25) is 4.79 Å². The van der Waals surface area contributed by atoms with Gasteiger partial charge in [-0.15, -0.1) is 12.4 Å². The van der Waals surface area contributed by atoms with E-state index in [0.717, 1.165) is 4.47 Å². The number of hydrogen-bond donors (Lipinski definition) is 1. The van der Waals surface area contributed by atoms with E-state index in [4.69, 9.17) is 15.2 Å². The SMILES string of the molecule is COc1cc(C(=O)CN)c(OC)cc1Br.Cl. The number of ketones is 1. The second kappa shape index (κ2) is 6.73. The fraction of sp³-hybridized carbons (Fsp3) is 0.300. The molecule has 4 nitrogen and oxygen atoms in total. The van der Waals surface area contributed by atoms with E-state index in [2.05, 4.69) is 15.9 Å². The summed E-state index contributed by atoms with van der Waals surface area (Å²) in [6, 6.07) is 3.29. The van der Waals surface area contributed by atoms with Gasteiger partial charge in [0.2, 0.25) is 0 Å². The summed E-state index contributed by atoms with van der Waals surface area (Å²) >= 11 is 3.31. The van der Waals surface area contributed by atoms with Crippen LogP contribution in [0.5, 0.6) is 11.5 Å². The average molecular weight is 311 g/mol. The minimum absolute atomic E-state index is 0. The van der Waals surface area contributed by atoms with Gasteiger partial charge in [0.25, 0.3) is 0 Å². The van der Waals surface area contributed by atoms with Crippen LogP contribution in [0.25, 0.3) is 0 Å². The summed E-state index contributed by atoms with van der Waals surface area (Å²) < 4.78 is 10.9. The van der Waals surface area contributed by atoms with Gasteiger partial charge in [-0.25, -0.2) is 0 Å². The summed E-state index contributed by atoms with van der Waals surface area (Å²) in [5, 5.41) is 0. The molecule has 0 aliphatic rings. The minimum Gasteiger partial charge on any atom is -0.496 e. The Morgan fingerprint density at radius 1 is 1.31 bits per heavy atom. The van der Waals surface area contributed by atoms with Crippen LogP contribution in [0.2, 0.25) is 0 Å². The van der Waals surface area contributed by atoms with Crippen LogP contribution in [0.1, 0.15) is 10.4 Å². The number of benzene rings is 1. The molecule has 0 aromatic heterocycles. The molecule has 1 aromatic rings. The molecule has 0 unspecified atom stereocenters. The monoisotopic (exact) mass is 309 g/mol.